The summed E-state index contributed by atoms with van der Waals surface area (Å²) in [7, 11) is 0. The summed E-state index contributed by atoms with van der Waals surface area (Å²) in [6.45, 7) is 3.50. The minimum Gasteiger partial charge on any atom is -0.353 e. The molecule has 0 N–H and O–H groups in total. The van der Waals surface area contributed by atoms with E-state index in [0.29, 0.717) is 19.6 Å². The molecule has 32 heavy (non-hydrogen) atoms. The van der Waals surface area contributed by atoms with Crippen molar-refractivity contribution >= 4 is 17.6 Å². The lowest BCUT2D eigenvalue weighted by atomic mass is 9.88. The highest BCUT2D eigenvalue weighted by Gasteiger charge is 2.40. The van der Waals surface area contributed by atoms with Crippen LogP contribution in [-0.4, -0.2) is 58.8 Å². The fourth-order valence-corrected chi connectivity index (χ4v) is 5.28. The summed E-state index contributed by atoms with van der Waals surface area (Å²) in [6.07, 6.45) is 6.24. The lowest BCUT2D eigenvalue weighted by molar-refractivity contribution is -0.133. The van der Waals surface area contributed by atoms with Crippen LogP contribution < -0.4 is 4.90 Å². The number of nitrogens with zero attached hydrogens (tertiary/aromatic N) is 4. The number of anilines is 1. The predicted molar refractivity (Wildman–Crippen MR) is 124 cm³/mol. The molecular weight excluding hydrogens is 400 g/mol. The summed E-state index contributed by atoms with van der Waals surface area (Å²) in [5, 5.41) is 0. The number of aromatic nitrogens is 1. The van der Waals surface area contributed by atoms with Crippen molar-refractivity contribution in [1.29, 1.82) is 0 Å². The van der Waals surface area contributed by atoms with Gasteiger partial charge in [-0.1, -0.05) is 42.8 Å². The van der Waals surface area contributed by atoms with Gasteiger partial charge in [0.2, 0.25) is 5.91 Å². The minimum absolute atomic E-state index is 0.0659. The molecule has 1 unspecified atom stereocenters. The van der Waals surface area contributed by atoms with Gasteiger partial charge in [-0.25, -0.2) is 4.98 Å². The highest BCUT2D eigenvalue weighted by Crippen LogP contribution is 2.39. The normalized spacial score (nSPS) is 21.2. The lowest BCUT2D eigenvalue weighted by Gasteiger charge is -2.35. The smallest absolute Gasteiger partial charge is 0.251 e. The van der Waals surface area contributed by atoms with Gasteiger partial charge < -0.3 is 14.7 Å². The Labute approximate surface area is 189 Å². The van der Waals surface area contributed by atoms with Gasteiger partial charge in [0.15, 0.2) is 0 Å². The van der Waals surface area contributed by atoms with E-state index in [-0.39, 0.29) is 24.3 Å². The molecule has 166 valence electrons. The molecule has 1 aliphatic carbocycles. The Morgan fingerprint density at radius 3 is 2.50 bits per heavy atom. The van der Waals surface area contributed by atoms with E-state index in [9.17, 15) is 9.59 Å². The van der Waals surface area contributed by atoms with Gasteiger partial charge in [0, 0.05) is 44.5 Å². The molecule has 1 saturated carbocycles. The third kappa shape index (κ3) is 4.14. The summed E-state index contributed by atoms with van der Waals surface area (Å²) in [5.74, 6) is 1.10. The molecule has 1 atom stereocenters. The van der Waals surface area contributed by atoms with Crippen molar-refractivity contribution in [3.63, 3.8) is 0 Å². The summed E-state index contributed by atoms with van der Waals surface area (Å²) in [6, 6.07) is 16.2. The molecule has 6 heteroatoms. The average Bonchev–Trinajstić information content (AvgIpc) is 3.11. The van der Waals surface area contributed by atoms with Crippen LogP contribution in [0.15, 0.2) is 65.9 Å². The molecule has 0 radical (unpaired) electrons. The molecule has 0 bridgehead atoms. The van der Waals surface area contributed by atoms with Crippen molar-refractivity contribution in [1.82, 2.24) is 14.8 Å². The van der Waals surface area contributed by atoms with Gasteiger partial charge in [0.05, 0.1) is 12.5 Å². The van der Waals surface area contributed by atoms with Crippen LogP contribution in [0.3, 0.4) is 0 Å². The van der Waals surface area contributed by atoms with Gasteiger partial charge in [-0.05, 0) is 42.5 Å². The van der Waals surface area contributed by atoms with Gasteiger partial charge in [0.1, 0.15) is 5.82 Å². The molecule has 3 aliphatic rings. The Morgan fingerprint density at radius 1 is 0.969 bits per heavy atom. The maximum atomic E-state index is 13.4. The van der Waals surface area contributed by atoms with Crippen LogP contribution in [0.1, 0.15) is 37.7 Å². The molecule has 3 heterocycles. The molecule has 0 spiro atoms. The van der Waals surface area contributed by atoms with Crippen molar-refractivity contribution in [2.24, 2.45) is 0 Å². The second kappa shape index (κ2) is 9.15. The van der Waals surface area contributed by atoms with Crippen LogP contribution in [0.5, 0.6) is 0 Å². The lowest BCUT2D eigenvalue weighted by Crippen LogP contribution is -2.49. The zero-order valence-corrected chi connectivity index (χ0v) is 18.4. The van der Waals surface area contributed by atoms with Crippen molar-refractivity contribution in [3.8, 4) is 0 Å². The third-order valence-electron chi connectivity index (χ3n) is 6.99. The van der Waals surface area contributed by atoms with E-state index in [4.69, 9.17) is 0 Å². The van der Waals surface area contributed by atoms with Crippen molar-refractivity contribution in [3.05, 3.63) is 71.4 Å². The first kappa shape index (κ1) is 20.7. The molecule has 2 amide bonds. The van der Waals surface area contributed by atoms with E-state index in [1.165, 1.54) is 5.57 Å². The fourth-order valence-electron chi connectivity index (χ4n) is 5.28. The predicted octanol–water partition coefficient (Wildman–Crippen LogP) is 3.40. The Balaban J connectivity index is 1.26. The number of carbonyl (C=O) groups is 2. The minimum atomic E-state index is 0.0659. The van der Waals surface area contributed by atoms with Crippen LogP contribution in [0.4, 0.5) is 5.82 Å². The zero-order chi connectivity index (χ0) is 21.9. The first-order valence-electron chi connectivity index (χ1n) is 11.7. The summed E-state index contributed by atoms with van der Waals surface area (Å²) < 4.78 is 0. The number of fused-ring (bicyclic) bond motifs is 1. The molecule has 1 aromatic heterocycles. The Bertz CT molecular complexity index is 997. The van der Waals surface area contributed by atoms with Gasteiger partial charge in [-0.15, -0.1) is 0 Å². The number of benzene rings is 1. The van der Waals surface area contributed by atoms with Crippen LogP contribution >= 0.6 is 0 Å². The second-order valence-corrected chi connectivity index (χ2v) is 8.92. The Kier molecular flexibility index (Phi) is 5.93. The molecule has 2 aliphatic heterocycles. The van der Waals surface area contributed by atoms with Gasteiger partial charge >= 0.3 is 0 Å². The van der Waals surface area contributed by atoms with Gasteiger partial charge in [0.25, 0.3) is 5.91 Å². The van der Waals surface area contributed by atoms with Crippen molar-refractivity contribution in [2.45, 2.75) is 44.7 Å². The first-order chi connectivity index (χ1) is 15.7. The van der Waals surface area contributed by atoms with E-state index < -0.39 is 0 Å². The Morgan fingerprint density at radius 2 is 1.75 bits per heavy atom. The molecular formula is C26H30N4O2. The number of piperazine rings is 1. The van der Waals surface area contributed by atoms with E-state index in [1.54, 1.807) is 6.20 Å². The monoisotopic (exact) mass is 430 g/mol. The number of hydrogen-bond donors (Lipinski definition) is 0. The highest BCUT2D eigenvalue weighted by molar-refractivity contribution is 6.02. The maximum Gasteiger partial charge on any atom is 0.251 e. The number of amides is 2. The van der Waals surface area contributed by atoms with Crippen LogP contribution in [0, 0.1) is 0 Å². The largest absolute Gasteiger partial charge is 0.353 e. The van der Waals surface area contributed by atoms with E-state index in [2.05, 4.69) is 22.0 Å². The number of pyridine rings is 1. The zero-order valence-electron chi connectivity index (χ0n) is 18.4. The standard InChI is InChI=1S/C26H30N4O2/c31-25(29-16-14-28(15-17-29)24-12-6-7-13-27-24)18-22-21-10-4-5-11-23(21)30(26(22)32)19-20-8-2-1-3-9-20/h1-3,6-9,12-13,23H,4-5,10-11,14-19H2. The SMILES string of the molecule is O=C(CC1=C2CCCCC2N(Cc2ccccc2)C1=O)N1CCN(c2ccccn2)CC1. The second-order valence-electron chi connectivity index (χ2n) is 8.92. The molecule has 6 nitrogen and oxygen atoms in total. The number of carbonyl (C=O) groups excluding carboxylic acids is 2. The molecule has 5 rings (SSSR count). The highest BCUT2D eigenvalue weighted by atomic mass is 16.2. The number of rotatable bonds is 5. The summed E-state index contributed by atoms with van der Waals surface area (Å²) >= 11 is 0. The first-order valence-corrected chi connectivity index (χ1v) is 11.7. The molecule has 1 aromatic carbocycles. The topological polar surface area (TPSA) is 56.8 Å². The molecule has 2 aromatic rings. The van der Waals surface area contributed by atoms with Gasteiger partial charge in [-0.2, -0.15) is 0 Å². The fraction of sp³-hybridized carbons (Fsp3) is 0.423. The third-order valence-corrected chi connectivity index (χ3v) is 6.99. The van der Waals surface area contributed by atoms with Crippen LogP contribution in [0.25, 0.3) is 0 Å². The van der Waals surface area contributed by atoms with E-state index >= 15 is 0 Å². The Hall–Kier alpha value is -3.15. The quantitative estimate of drug-likeness (QED) is 0.730. The van der Waals surface area contributed by atoms with E-state index in [0.717, 1.165) is 55.7 Å². The average molecular weight is 431 g/mol. The van der Waals surface area contributed by atoms with Gasteiger partial charge in [-0.3, -0.25) is 9.59 Å². The van der Waals surface area contributed by atoms with Crippen molar-refractivity contribution in [2.75, 3.05) is 31.1 Å². The molecule has 2 fully saturated rings. The maximum absolute atomic E-state index is 13.4. The summed E-state index contributed by atoms with van der Waals surface area (Å²) in [4.78, 5) is 37.1. The van der Waals surface area contributed by atoms with E-state index in [1.807, 2.05) is 46.2 Å². The van der Waals surface area contributed by atoms with Crippen molar-refractivity contribution < 1.29 is 9.59 Å². The van der Waals surface area contributed by atoms with Crippen LogP contribution in [0.2, 0.25) is 0 Å². The summed E-state index contributed by atoms with van der Waals surface area (Å²) in [5.41, 5.74) is 3.13. The molecule has 1 saturated heterocycles. The van der Waals surface area contributed by atoms with Crippen LogP contribution in [-0.2, 0) is 16.1 Å². The number of hydrogen-bond acceptors (Lipinski definition) is 4.